The van der Waals surface area contributed by atoms with Gasteiger partial charge in [0.2, 0.25) is 0 Å². The van der Waals surface area contributed by atoms with Crippen molar-refractivity contribution in [1.29, 1.82) is 0 Å². The van der Waals surface area contributed by atoms with Crippen LogP contribution in [0.4, 0.5) is 0 Å². The number of allylic oxidation sites excluding steroid dienone is 1. The highest BCUT2D eigenvalue weighted by Gasteiger charge is 2.53. The van der Waals surface area contributed by atoms with Gasteiger partial charge >= 0.3 is 0 Å². The lowest BCUT2D eigenvalue weighted by Gasteiger charge is -2.36. The number of hydrogen-bond acceptors (Lipinski definition) is 0. The molecule has 0 aromatic heterocycles. The number of fused-ring (bicyclic) bond motifs is 1. The quantitative estimate of drug-likeness (QED) is 0.149. The molecule has 1 aliphatic rings. The minimum atomic E-state index is -1.93. The molecule has 0 fully saturated rings. The predicted octanol–water partition coefficient (Wildman–Crippen LogP) is 5.94. The third-order valence-corrected chi connectivity index (χ3v) is 15.8. The normalized spacial score (nSPS) is 13.6. The van der Waals surface area contributed by atoms with Gasteiger partial charge < -0.3 is 17.0 Å². The van der Waals surface area contributed by atoms with Crippen LogP contribution in [0.15, 0.2) is 152 Å². The third kappa shape index (κ3) is 6.62. The Bertz CT molecular complexity index is 1400. The highest BCUT2D eigenvalue weighted by molar-refractivity contribution is 7.98. The van der Waals surface area contributed by atoms with Crippen LogP contribution >= 0.6 is 38.4 Å². The second-order valence-corrected chi connectivity index (χ2v) is 16.5. The van der Waals surface area contributed by atoms with Crippen molar-refractivity contribution < 1.29 is 17.0 Å². The molecule has 5 aromatic rings. The summed E-state index contributed by atoms with van der Waals surface area (Å²) in [5.74, 6) is 1.13. The van der Waals surface area contributed by atoms with Crippen LogP contribution in [0.2, 0.25) is 0 Å². The first-order chi connectivity index (χ1) is 19.3. The van der Waals surface area contributed by atoms with E-state index in [1.54, 1.807) is 0 Å². The molecule has 0 aliphatic heterocycles. The SMILES string of the molecule is C1=C[C@H]([P+](CP(c2ccccc2)c2ccccc2)(c2ccccc2)c2ccccc2)c2ccccc21.ClCCl.[Br-]. The summed E-state index contributed by atoms with van der Waals surface area (Å²) in [6, 6.07) is 54.2. The van der Waals surface area contributed by atoms with Crippen molar-refractivity contribution in [2.45, 2.75) is 5.66 Å². The van der Waals surface area contributed by atoms with E-state index in [0.29, 0.717) is 5.66 Å². The number of rotatable bonds is 7. The lowest BCUT2D eigenvalue weighted by Crippen LogP contribution is -3.00. The fraction of sp³-hybridized carbons (Fsp3) is 0.0857. The molecule has 0 bridgehead atoms. The molecule has 0 spiro atoms. The van der Waals surface area contributed by atoms with Crippen LogP contribution in [-0.4, -0.2) is 11.2 Å². The van der Waals surface area contributed by atoms with Crippen molar-refractivity contribution in [3.05, 3.63) is 163 Å². The molecule has 0 heterocycles. The predicted molar refractivity (Wildman–Crippen MR) is 178 cm³/mol. The van der Waals surface area contributed by atoms with Gasteiger partial charge in [-0.15, -0.1) is 23.2 Å². The van der Waals surface area contributed by atoms with Crippen molar-refractivity contribution >= 4 is 65.7 Å². The smallest absolute Gasteiger partial charge is 0.123 e. The topological polar surface area (TPSA) is 0 Å². The van der Waals surface area contributed by atoms with Gasteiger partial charge in [0.1, 0.15) is 16.3 Å². The molecule has 0 saturated carbocycles. The molecule has 0 nitrogen and oxygen atoms in total. The van der Waals surface area contributed by atoms with Crippen molar-refractivity contribution in [1.82, 2.24) is 0 Å². The largest absolute Gasteiger partial charge is 1.00 e. The molecule has 0 amide bonds. The van der Waals surface area contributed by atoms with Gasteiger partial charge in [-0.05, 0) is 54.4 Å². The van der Waals surface area contributed by atoms with E-state index >= 15 is 0 Å². The Labute approximate surface area is 260 Å². The Morgan fingerprint density at radius 1 is 0.550 bits per heavy atom. The molecule has 0 N–H and O–H groups in total. The van der Waals surface area contributed by atoms with Gasteiger partial charge in [0.25, 0.3) is 0 Å². The molecule has 5 aromatic carbocycles. The van der Waals surface area contributed by atoms with Crippen molar-refractivity contribution in [3.8, 4) is 0 Å². The Hall–Kier alpha value is -2.24. The average molecular weight is 664 g/mol. The standard InChI is InChI=1S/C34H29P2.CH2Cl2.BrH/c1-5-16-29(17-6-1)35(30-18-7-2-8-19-30)27-36(31-20-9-3-10-21-31,32-22-11-4-12-23-32)34-26-25-28-15-13-14-24-33(28)34;2-1-3;/h1-26,34H,27H2;1H2;1H/q+1;;/p-1/t34-;;/m0../s1. The molecule has 40 heavy (non-hydrogen) atoms. The number of alkyl halides is 2. The number of hydrogen-bond donors (Lipinski definition) is 0. The van der Waals surface area contributed by atoms with Gasteiger partial charge in [0, 0.05) is 5.56 Å². The summed E-state index contributed by atoms with van der Waals surface area (Å²) in [7, 11) is -2.50. The van der Waals surface area contributed by atoms with Crippen LogP contribution in [0, 0.1) is 0 Å². The average Bonchev–Trinajstić information content (AvgIpc) is 3.45. The lowest BCUT2D eigenvalue weighted by molar-refractivity contribution is -0.00000730. The second kappa shape index (κ2) is 15.1. The second-order valence-electron chi connectivity index (χ2n) is 9.31. The maximum atomic E-state index is 4.76. The number of halogens is 3. The summed E-state index contributed by atoms with van der Waals surface area (Å²) in [6.45, 7) is 0. The van der Waals surface area contributed by atoms with Crippen molar-refractivity contribution in [2.24, 2.45) is 0 Å². The van der Waals surface area contributed by atoms with Crippen molar-refractivity contribution in [2.75, 3.05) is 11.2 Å². The van der Waals surface area contributed by atoms with Gasteiger partial charge in [-0.25, -0.2) is 0 Å². The fourth-order valence-corrected chi connectivity index (χ4v) is 15.4. The van der Waals surface area contributed by atoms with Gasteiger partial charge in [-0.2, -0.15) is 0 Å². The highest BCUT2D eigenvalue weighted by Crippen LogP contribution is 2.74. The molecule has 0 unspecified atom stereocenters. The minimum Gasteiger partial charge on any atom is -1.00 e. The monoisotopic (exact) mass is 662 g/mol. The highest BCUT2D eigenvalue weighted by atomic mass is 79.9. The summed E-state index contributed by atoms with van der Waals surface area (Å²) in [4.78, 5) is 0. The molecule has 202 valence electrons. The van der Waals surface area contributed by atoms with E-state index in [4.69, 9.17) is 23.2 Å². The first-order valence-corrected chi connectivity index (χ1v) is 17.7. The Morgan fingerprint density at radius 2 is 0.950 bits per heavy atom. The lowest BCUT2D eigenvalue weighted by atomic mass is 10.1. The van der Waals surface area contributed by atoms with Gasteiger partial charge in [0.05, 0.1) is 18.5 Å². The summed E-state index contributed by atoms with van der Waals surface area (Å²) in [6.07, 6.45) is 4.86. The summed E-state index contributed by atoms with van der Waals surface area (Å²) < 4.78 is 0. The zero-order valence-electron chi connectivity index (χ0n) is 22.0. The maximum Gasteiger partial charge on any atom is 0.123 e. The van der Waals surface area contributed by atoms with Gasteiger partial charge in [-0.3, -0.25) is 0 Å². The van der Waals surface area contributed by atoms with E-state index in [2.05, 4.69) is 158 Å². The van der Waals surface area contributed by atoms with E-state index < -0.39 is 15.2 Å². The van der Waals surface area contributed by atoms with Crippen LogP contribution in [0.1, 0.15) is 16.8 Å². The Morgan fingerprint density at radius 3 is 1.43 bits per heavy atom. The van der Waals surface area contributed by atoms with Crippen LogP contribution in [0.5, 0.6) is 0 Å². The molecule has 0 saturated heterocycles. The molecule has 5 heteroatoms. The van der Waals surface area contributed by atoms with Crippen LogP contribution in [-0.2, 0) is 0 Å². The number of benzene rings is 5. The molecular formula is C35H31BrCl2P2. The molecule has 6 rings (SSSR count). The summed E-state index contributed by atoms with van der Waals surface area (Å²) in [5.41, 5.74) is 3.19. The first-order valence-electron chi connectivity index (χ1n) is 13.0. The Balaban J connectivity index is 0.000000886. The first kappa shape index (κ1) is 30.7. The van der Waals surface area contributed by atoms with E-state index in [0.717, 1.165) is 5.90 Å². The zero-order chi connectivity index (χ0) is 26.9. The fourth-order valence-electron chi connectivity index (χ4n) is 5.48. The van der Waals surface area contributed by atoms with E-state index in [9.17, 15) is 0 Å². The van der Waals surface area contributed by atoms with E-state index in [-0.39, 0.29) is 22.3 Å². The third-order valence-electron chi connectivity index (χ3n) is 7.18. The van der Waals surface area contributed by atoms with Crippen molar-refractivity contribution in [3.63, 3.8) is 0 Å². The Kier molecular flexibility index (Phi) is 11.6. The molecule has 1 atom stereocenters. The minimum absolute atomic E-state index is 0. The van der Waals surface area contributed by atoms with Gasteiger partial charge in [-0.1, -0.05) is 127 Å². The van der Waals surface area contributed by atoms with Crippen LogP contribution < -0.4 is 38.2 Å². The van der Waals surface area contributed by atoms with Crippen LogP contribution in [0.3, 0.4) is 0 Å². The van der Waals surface area contributed by atoms with E-state index in [1.807, 2.05) is 0 Å². The molecule has 0 radical (unpaired) electrons. The van der Waals surface area contributed by atoms with Gasteiger partial charge in [0.15, 0.2) is 0 Å². The summed E-state index contributed by atoms with van der Waals surface area (Å²) in [5, 5.41) is 6.07. The molecule has 1 aliphatic carbocycles. The summed E-state index contributed by atoms with van der Waals surface area (Å²) >= 11 is 9.53. The van der Waals surface area contributed by atoms with Crippen LogP contribution in [0.25, 0.3) is 6.08 Å². The maximum absolute atomic E-state index is 4.76. The molecular weight excluding hydrogens is 633 g/mol. The van der Waals surface area contributed by atoms with E-state index in [1.165, 1.54) is 32.3 Å². The zero-order valence-corrected chi connectivity index (χ0v) is 26.9.